The number of hydrogen-bond donors (Lipinski definition) is 2. The number of nitrogens with one attached hydrogen (secondary N) is 1. The van der Waals surface area contributed by atoms with E-state index in [1.807, 2.05) is 12.1 Å². The molecule has 2 fully saturated rings. The minimum absolute atomic E-state index is 0.00704. The predicted molar refractivity (Wildman–Crippen MR) is 103 cm³/mol. The van der Waals surface area contributed by atoms with Crippen LogP contribution in [0.4, 0.5) is 0 Å². The van der Waals surface area contributed by atoms with Gasteiger partial charge in [0.1, 0.15) is 11.9 Å². The molecule has 5 heteroatoms. The number of carbonyl (C=O) groups is 1. The first-order chi connectivity index (χ1) is 13.1. The zero-order chi connectivity index (χ0) is 18.8. The molecule has 1 amide bonds. The lowest BCUT2D eigenvalue weighted by Gasteiger charge is -2.59. The van der Waals surface area contributed by atoms with Gasteiger partial charge in [0.25, 0.3) is 0 Å². The molecule has 0 aromatic heterocycles. The molecule has 1 spiro atoms. The first-order valence-corrected chi connectivity index (χ1v) is 10.1. The molecule has 5 nitrogen and oxygen atoms in total. The molecule has 144 valence electrons. The highest BCUT2D eigenvalue weighted by Gasteiger charge is 2.65. The summed E-state index contributed by atoms with van der Waals surface area (Å²) in [5, 5.41) is 13.1. The van der Waals surface area contributed by atoms with Crippen LogP contribution in [0.15, 0.2) is 24.8 Å². The Balaban J connectivity index is 1.67. The molecule has 2 heterocycles. The number of aliphatic hydroxyl groups is 1. The number of carbonyl (C=O) groups excluding carboxylic acids is 1. The standard InChI is InChI=1S/C22H28N2O3/c1-3-9-24-10-8-22-16-6-7-17(23-13(2)26)21(22)27-20-15(12-25)5-4-14(19(20)22)11-18(16)24/h3-5,16-18,21,25H,1,6-12H2,2H3,(H,23,26)/t16-,17?,18?,21?,22-/m1/s1. The summed E-state index contributed by atoms with van der Waals surface area (Å²) in [5.41, 5.74) is 3.54. The van der Waals surface area contributed by atoms with Crippen LogP contribution in [-0.2, 0) is 23.2 Å². The third-order valence-corrected chi connectivity index (χ3v) is 7.46. The number of ether oxygens (including phenoxy) is 1. The van der Waals surface area contributed by atoms with Crippen LogP contribution in [0.25, 0.3) is 0 Å². The molecule has 4 aliphatic rings. The van der Waals surface area contributed by atoms with E-state index >= 15 is 0 Å². The molecule has 1 aromatic rings. The lowest BCUT2D eigenvalue weighted by molar-refractivity contribution is -0.122. The maximum absolute atomic E-state index is 11.8. The minimum Gasteiger partial charge on any atom is -0.487 e. The molecular formula is C22H28N2O3. The summed E-state index contributed by atoms with van der Waals surface area (Å²) in [4.78, 5) is 14.4. The number of rotatable bonds is 4. The van der Waals surface area contributed by atoms with Gasteiger partial charge in [-0.3, -0.25) is 9.69 Å². The zero-order valence-corrected chi connectivity index (χ0v) is 15.9. The van der Waals surface area contributed by atoms with Gasteiger partial charge >= 0.3 is 0 Å². The topological polar surface area (TPSA) is 61.8 Å². The fraction of sp³-hybridized carbons (Fsp3) is 0.591. The largest absolute Gasteiger partial charge is 0.487 e. The average molecular weight is 368 g/mol. The van der Waals surface area contributed by atoms with Crippen LogP contribution in [-0.4, -0.2) is 47.2 Å². The Morgan fingerprint density at radius 2 is 2.33 bits per heavy atom. The fourth-order valence-corrected chi connectivity index (χ4v) is 6.62. The van der Waals surface area contributed by atoms with E-state index in [1.165, 1.54) is 11.1 Å². The van der Waals surface area contributed by atoms with Crippen molar-refractivity contribution >= 4 is 5.91 Å². The van der Waals surface area contributed by atoms with Crippen LogP contribution >= 0.6 is 0 Å². The second kappa shape index (κ2) is 6.08. The SMILES string of the molecule is C=CCN1CC[C@@]23c4c5ccc(CO)c4OC2C(NC(C)=O)CC[C@@H]3C1C5. The first-order valence-electron chi connectivity index (χ1n) is 10.1. The summed E-state index contributed by atoms with van der Waals surface area (Å²) in [5.74, 6) is 1.44. The van der Waals surface area contributed by atoms with Gasteiger partial charge in [-0.2, -0.15) is 0 Å². The zero-order valence-electron chi connectivity index (χ0n) is 15.9. The Morgan fingerprint density at radius 1 is 1.48 bits per heavy atom. The van der Waals surface area contributed by atoms with Crippen LogP contribution in [0.1, 0.15) is 42.9 Å². The van der Waals surface area contributed by atoms with Gasteiger partial charge in [-0.05, 0) is 43.7 Å². The van der Waals surface area contributed by atoms with Crippen molar-refractivity contribution in [1.29, 1.82) is 0 Å². The lowest BCUT2D eigenvalue weighted by Crippen LogP contribution is -2.68. The van der Waals surface area contributed by atoms with Crippen LogP contribution < -0.4 is 10.1 Å². The molecule has 1 saturated heterocycles. The highest BCUT2D eigenvalue weighted by atomic mass is 16.5. The molecule has 3 unspecified atom stereocenters. The van der Waals surface area contributed by atoms with Gasteiger partial charge in [0.15, 0.2) is 0 Å². The van der Waals surface area contributed by atoms with Gasteiger partial charge in [-0.1, -0.05) is 18.2 Å². The predicted octanol–water partition coefficient (Wildman–Crippen LogP) is 1.91. The van der Waals surface area contributed by atoms with Gasteiger partial charge in [0.2, 0.25) is 5.91 Å². The monoisotopic (exact) mass is 368 g/mol. The van der Waals surface area contributed by atoms with Crippen molar-refractivity contribution in [1.82, 2.24) is 10.2 Å². The van der Waals surface area contributed by atoms with E-state index in [9.17, 15) is 9.90 Å². The summed E-state index contributed by atoms with van der Waals surface area (Å²) in [6.07, 6.45) is 6.11. The molecule has 1 aromatic carbocycles. The van der Waals surface area contributed by atoms with Gasteiger partial charge in [0, 0.05) is 36.1 Å². The number of aliphatic hydroxyl groups excluding tert-OH is 1. The molecule has 2 aliphatic carbocycles. The van der Waals surface area contributed by atoms with E-state index in [-0.39, 0.29) is 30.1 Å². The van der Waals surface area contributed by atoms with Crippen molar-refractivity contribution in [2.45, 2.75) is 62.8 Å². The Labute approximate surface area is 160 Å². The molecule has 5 atom stereocenters. The third-order valence-electron chi connectivity index (χ3n) is 7.46. The van der Waals surface area contributed by atoms with Crippen molar-refractivity contribution in [2.75, 3.05) is 13.1 Å². The van der Waals surface area contributed by atoms with E-state index in [4.69, 9.17) is 4.74 Å². The summed E-state index contributed by atoms with van der Waals surface area (Å²) >= 11 is 0. The average Bonchev–Trinajstić information content (AvgIpc) is 2.99. The highest BCUT2D eigenvalue weighted by Crippen LogP contribution is 2.62. The molecule has 2 N–H and O–H groups in total. The molecule has 5 rings (SSSR count). The third kappa shape index (κ3) is 2.21. The van der Waals surface area contributed by atoms with Crippen molar-refractivity contribution < 1.29 is 14.6 Å². The summed E-state index contributed by atoms with van der Waals surface area (Å²) < 4.78 is 6.60. The fourth-order valence-electron chi connectivity index (χ4n) is 6.62. The maximum atomic E-state index is 11.8. The Morgan fingerprint density at radius 3 is 3.07 bits per heavy atom. The number of amides is 1. The molecule has 1 saturated carbocycles. The Bertz CT molecular complexity index is 807. The summed E-state index contributed by atoms with van der Waals surface area (Å²) in [6, 6.07) is 4.75. The van der Waals surface area contributed by atoms with Crippen LogP contribution in [0.2, 0.25) is 0 Å². The quantitative estimate of drug-likeness (QED) is 0.797. The summed E-state index contributed by atoms with van der Waals surface area (Å²) in [7, 11) is 0. The van der Waals surface area contributed by atoms with Gasteiger partial charge in [0.05, 0.1) is 12.6 Å². The summed E-state index contributed by atoms with van der Waals surface area (Å²) in [6.45, 7) is 7.50. The Hall–Kier alpha value is -1.85. The highest BCUT2D eigenvalue weighted by molar-refractivity contribution is 5.73. The first kappa shape index (κ1) is 17.3. The molecule has 2 aliphatic heterocycles. The van der Waals surface area contributed by atoms with E-state index in [1.54, 1.807) is 6.92 Å². The number of piperidine rings is 1. The number of benzene rings is 1. The maximum Gasteiger partial charge on any atom is 0.217 e. The van der Waals surface area contributed by atoms with Crippen LogP contribution in [0, 0.1) is 5.92 Å². The number of likely N-dealkylation sites (tertiary alicyclic amines) is 1. The lowest BCUT2D eigenvalue weighted by atomic mass is 9.51. The normalized spacial score (nSPS) is 35.9. The number of nitrogens with zero attached hydrogens (tertiary/aromatic N) is 1. The van der Waals surface area contributed by atoms with E-state index in [0.717, 1.165) is 50.1 Å². The second-order valence-corrected chi connectivity index (χ2v) is 8.62. The minimum atomic E-state index is -0.0399. The second-order valence-electron chi connectivity index (χ2n) is 8.62. The smallest absolute Gasteiger partial charge is 0.217 e. The molecule has 27 heavy (non-hydrogen) atoms. The van der Waals surface area contributed by atoms with E-state index < -0.39 is 0 Å². The molecular weight excluding hydrogens is 340 g/mol. The number of hydrogen-bond acceptors (Lipinski definition) is 4. The van der Waals surface area contributed by atoms with Crippen molar-refractivity contribution in [3.63, 3.8) is 0 Å². The molecule has 0 radical (unpaired) electrons. The van der Waals surface area contributed by atoms with E-state index in [2.05, 4.69) is 22.9 Å². The van der Waals surface area contributed by atoms with Crippen LogP contribution in [0.3, 0.4) is 0 Å². The van der Waals surface area contributed by atoms with Gasteiger partial charge < -0.3 is 15.2 Å². The molecule has 2 bridgehead atoms. The Kier molecular flexibility index (Phi) is 3.89. The van der Waals surface area contributed by atoms with Crippen molar-refractivity contribution in [2.24, 2.45) is 5.92 Å². The van der Waals surface area contributed by atoms with Gasteiger partial charge in [-0.25, -0.2) is 0 Å². The van der Waals surface area contributed by atoms with Crippen molar-refractivity contribution in [3.05, 3.63) is 41.5 Å². The van der Waals surface area contributed by atoms with Crippen molar-refractivity contribution in [3.8, 4) is 5.75 Å². The van der Waals surface area contributed by atoms with E-state index in [0.29, 0.717) is 12.0 Å². The van der Waals surface area contributed by atoms with Crippen LogP contribution in [0.5, 0.6) is 5.75 Å². The van der Waals surface area contributed by atoms with Gasteiger partial charge in [-0.15, -0.1) is 6.58 Å².